The molecular formula is C14H13ClF2N2O. The predicted octanol–water partition coefficient (Wildman–Crippen LogP) is 3.18. The van der Waals surface area contributed by atoms with Gasteiger partial charge in [0.05, 0.1) is 13.2 Å². The second-order valence-electron chi connectivity index (χ2n) is 4.15. The normalized spacial score (nSPS) is 12.2. The SMILES string of the molecule is COc1ccc(F)cc1C(NN)c1ccc(F)cc1Cl. The van der Waals surface area contributed by atoms with Gasteiger partial charge in [0.15, 0.2) is 0 Å². The van der Waals surface area contributed by atoms with E-state index in [1.165, 1.54) is 43.5 Å². The molecule has 0 bridgehead atoms. The van der Waals surface area contributed by atoms with Gasteiger partial charge in [-0.3, -0.25) is 5.84 Å². The fraction of sp³-hybridized carbons (Fsp3) is 0.143. The van der Waals surface area contributed by atoms with Crippen LogP contribution in [0.2, 0.25) is 5.02 Å². The Morgan fingerprint density at radius 3 is 2.35 bits per heavy atom. The summed E-state index contributed by atoms with van der Waals surface area (Å²) in [5, 5.41) is 0.194. The van der Waals surface area contributed by atoms with E-state index in [-0.39, 0.29) is 5.02 Å². The number of nitrogens with one attached hydrogen (secondary N) is 1. The summed E-state index contributed by atoms with van der Waals surface area (Å²) in [6.45, 7) is 0. The van der Waals surface area contributed by atoms with E-state index >= 15 is 0 Å². The summed E-state index contributed by atoms with van der Waals surface area (Å²) in [6.07, 6.45) is 0. The lowest BCUT2D eigenvalue weighted by molar-refractivity contribution is 0.402. The van der Waals surface area contributed by atoms with Crippen LogP contribution >= 0.6 is 11.6 Å². The molecule has 6 heteroatoms. The summed E-state index contributed by atoms with van der Waals surface area (Å²) >= 11 is 6.02. The molecule has 0 aliphatic heterocycles. The zero-order valence-corrected chi connectivity index (χ0v) is 11.4. The van der Waals surface area contributed by atoms with Gasteiger partial charge in [-0.25, -0.2) is 14.2 Å². The number of hydrogen-bond acceptors (Lipinski definition) is 3. The molecule has 0 aliphatic rings. The van der Waals surface area contributed by atoms with Crippen molar-refractivity contribution in [2.75, 3.05) is 7.11 Å². The van der Waals surface area contributed by atoms with Gasteiger partial charge in [0.2, 0.25) is 0 Å². The number of hydrogen-bond donors (Lipinski definition) is 2. The number of methoxy groups -OCH3 is 1. The van der Waals surface area contributed by atoms with Crippen LogP contribution in [0.4, 0.5) is 8.78 Å². The predicted molar refractivity (Wildman–Crippen MR) is 73.5 cm³/mol. The van der Waals surface area contributed by atoms with E-state index in [9.17, 15) is 8.78 Å². The molecule has 2 aromatic rings. The first-order valence-electron chi connectivity index (χ1n) is 5.81. The molecule has 20 heavy (non-hydrogen) atoms. The van der Waals surface area contributed by atoms with Gasteiger partial charge >= 0.3 is 0 Å². The van der Waals surface area contributed by atoms with E-state index in [0.29, 0.717) is 16.9 Å². The molecule has 0 amide bonds. The Morgan fingerprint density at radius 1 is 1.10 bits per heavy atom. The number of hydrazine groups is 1. The number of nitrogens with two attached hydrogens (primary N) is 1. The highest BCUT2D eigenvalue weighted by molar-refractivity contribution is 6.31. The van der Waals surface area contributed by atoms with Crippen molar-refractivity contribution in [2.24, 2.45) is 5.84 Å². The van der Waals surface area contributed by atoms with E-state index in [4.69, 9.17) is 22.2 Å². The second-order valence-corrected chi connectivity index (χ2v) is 4.56. The smallest absolute Gasteiger partial charge is 0.124 e. The molecule has 0 radical (unpaired) electrons. The first-order valence-corrected chi connectivity index (χ1v) is 6.19. The molecule has 106 valence electrons. The average Bonchev–Trinajstić information content (AvgIpc) is 2.42. The molecule has 0 aliphatic carbocycles. The number of halogens is 3. The Labute approximate surface area is 120 Å². The van der Waals surface area contributed by atoms with Crippen molar-refractivity contribution in [1.29, 1.82) is 0 Å². The third-order valence-electron chi connectivity index (χ3n) is 2.94. The number of ether oxygens (including phenoxy) is 1. The zero-order chi connectivity index (χ0) is 14.7. The maximum absolute atomic E-state index is 13.4. The number of benzene rings is 2. The van der Waals surface area contributed by atoms with Crippen LogP contribution in [-0.4, -0.2) is 7.11 Å². The Kier molecular flexibility index (Phi) is 4.54. The highest BCUT2D eigenvalue weighted by Gasteiger charge is 2.20. The highest BCUT2D eigenvalue weighted by Crippen LogP contribution is 2.33. The largest absolute Gasteiger partial charge is 0.496 e. The van der Waals surface area contributed by atoms with Gasteiger partial charge in [-0.2, -0.15) is 0 Å². The minimum absolute atomic E-state index is 0.194. The molecule has 0 fully saturated rings. The molecule has 3 N–H and O–H groups in total. The van der Waals surface area contributed by atoms with Crippen LogP contribution in [0.3, 0.4) is 0 Å². The maximum Gasteiger partial charge on any atom is 0.124 e. The van der Waals surface area contributed by atoms with Crippen molar-refractivity contribution >= 4 is 11.6 Å². The molecule has 0 saturated carbocycles. The van der Waals surface area contributed by atoms with Gasteiger partial charge in [-0.1, -0.05) is 17.7 Å². The van der Waals surface area contributed by atoms with E-state index in [1.807, 2.05) is 0 Å². The third-order valence-corrected chi connectivity index (χ3v) is 3.27. The molecular weight excluding hydrogens is 286 g/mol. The van der Waals surface area contributed by atoms with Crippen molar-refractivity contribution < 1.29 is 13.5 Å². The van der Waals surface area contributed by atoms with Crippen LogP contribution in [0.5, 0.6) is 5.75 Å². The Bertz CT molecular complexity index is 622. The lowest BCUT2D eigenvalue weighted by atomic mass is 9.98. The lowest BCUT2D eigenvalue weighted by Crippen LogP contribution is -2.29. The monoisotopic (exact) mass is 298 g/mol. The molecule has 2 aromatic carbocycles. The topological polar surface area (TPSA) is 47.3 Å². The summed E-state index contributed by atoms with van der Waals surface area (Å²) in [7, 11) is 1.47. The first kappa shape index (κ1) is 14.7. The lowest BCUT2D eigenvalue weighted by Gasteiger charge is -2.20. The van der Waals surface area contributed by atoms with Gasteiger partial charge in [0.25, 0.3) is 0 Å². The van der Waals surface area contributed by atoms with E-state index in [0.717, 1.165) is 0 Å². The molecule has 1 atom stereocenters. The fourth-order valence-corrected chi connectivity index (χ4v) is 2.29. The van der Waals surface area contributed by atoms with Crippen LogP contribution in [0.25, 0.3) is 0 Å². The molecule has 0 saturated heterocycles. The fourth-order valence-electron chi connectivity index (χ4n) is 2.01. The Balaban J connectivity index is 2.54. The van der Waals surface area contributed by atoms with Gasteiger partial charge in [0.1, 0.15) is 17.4 Å². The molecule has 2 rings (SSSR count). The van der Waals surface area contributed by atoms with Crippen molar-refractivity contribution in [2.45, 2.75) is 6.04 Å². The van der Waals surface area contributed by atoms with Crippen LogP contribution < -0.4 is 16.0 Å². The highest BCUT2D eigenvalue weighted by atomic mass is 35.5. The van der Waals surface area contributed by atoms with Gasteiger partial charge in [0, 0.05) is 10.6 Å². The standard InChI is InChI=1S/C14H13ClF2N2O/c1-20-13-5-3-8(16)6-11(13)14(19-18)10-4-2-9(17)7-12(10)15/h2-7,14,19H,18H2,1H3. The molecule has 1 unspecified atom stereocenters. The van der Waals surface area contributed by atoms with Crippen LogP contribution in [0.1, 0.15) is 17.2 Å². The van der Waals surface area contributed by atoms with Crippen molar-refractivity contribution in [3.8, 4) is 5.75 Å². The minimum atomic E-state index is -0.617. The second kappa shape index (κ2) is 6.17. The van der Waals surface area contributed by atoms with Crippen LogP contribution in [-0.2, 0) is 0 Å². The van der Waals surface area contributed by atoms with E-state index in [1.54, 1.807) is 0 Å². The summed E-state index contributed by atoms with van der Waals surface area (Å²) in [5.74, 6) is 5.10. The first-order chi connectivity index (χ1) is 9.56. The minimum Gasteiger partial charge on any atom is -0.496 e. The zero-order valence-electron chi connectivity index (χ0n) is 10.7. The number of rotatable bonds is 4. The molecule has 3 nitrogen and oxygen atoms in total. The van der Waals surface area contributed by atoms with Gasteiger partial charge in [-0.15, -0.1) is 0 Å². The average molecular weight is 299 g/mol. The van der Waals surface area contributed by atoms with Gasteiger partial charge in [-0.05, 0) is 35.9 Å². The van der Waals surface area contributed by atoms with Crippen molar-refractivity contribution in [3.63, 3.8) is 0 Å². The summed E-state index contributed by atoms with van der Waals surface area (Å²) in [6, 6.07) is 7.38. The molecule has 0 aromatic heterocycles. The summed E-state index contributed by atoms with van der Waals surface area (Å²) in [5.41, 5.74) is 3.55. The van der Waals surface area contributed by atoms with Crippen LogP contribution in [0, 0.1) is 11.6 Å². The van der Waals surface area contributed by atoms with Gasteiger partial charge < -0.3 is 4.74 Å². The van der Waals surface area contributed by atoms with E-state index in [2.05, 4.69) is 5.43 Å². The Morgan fingerprint density at radius 2 is 1.75 bits per heavy atom. The summed E-state index contributed by atoms with van der Waals surface area (Å²) in [4.78, 5) is 0. The molecule has 0 spiro atoms. The third kappa shape index (κ3) is 2.90. The van der Waals surface area contributed by atoms with Crippen LogP contribution in [0.15, 0.2) is 36.4 Å². The Hall–Kier alpha value is -1.69. The molecule has 0 heterocycles. The van der Waals surface area contributed by atoms with Crippen molar-refractivity contribution in [3.05, 3.63) is 64.2 Å². The van der Waals surface area contributed by atoms with E-state index < -0.39 is 17.7 Å². The maximum atomic E-state index is 13.4. The summed E-state index contributed by atoms with van der Waals surface area (Å²) < 4.78 is 31.7. The quantitative estimate of drug-likeness (QED) is 0.673. The van der Waals surface area contributed by atoms with Crippen molar-refractivity contribution in [1.82, 2.24) is 5.43 Å².